The van der Waals surface area contributed by atoms with Crippen molar-refractivity contribution in [1.82, 2.24) is 10.5 Å². The first kappa shape index (κ1) is 28.4. The number of ether oxygens (including phenoxy) is 1. The highest BCUT2D eigenvalue weighted by Crippen LogP contribution is 2.29. The molecule has 0 atom stereocenters. The van der Waals surface area contributed by atoms with Gasteiger partial charge in [0.2, 0.25) is 5.91 Å². The summed E-state index contributed by atoms with van der Waals surface area (Å²) in [5.41, 5.74) is 4.32. The largest absolute Gasteiger partial charge is 0.493 e. The molecule has 1 heterocycles. The van der Waals surface area contributed by atoms with Crippen LogP contribution in [-0.2, 0) is 30.4 Å². The van der Waals surface area contributed by atoms with Crippen LogP contribution in [0.5, 0.6) is 5.75 Å². The van der Waals surface area contributed by atoms with Gasteiger partial charge in [-0.1, -0.05) is 13.8 Å². The maximum atomic E-state index is 14.6. The van der Waals surface area contributed by atoms with Gasteiger partial charge in [0.1, 0.15) is 17.9 Å². The van der Waals surface area contributed by atoms with Crippen LogP contribution >= 0.6 is 12.6 Å². The molecule has 0 radical (unpaired) electrons. The summed E-state index contributed by atoms with van der Waals surface area (Å²) in [6.45, 7) is 4.05. The van der Waals surface area contributed by atoms with Gasteiger partial charge < -0.3 is 9.53 Å². The molecule has 3 rings (SSSR count). The van der Waals surface area contributed by atoms with Crippen molar-refractivity contribution in [3.63, 3.8) is 0 Å². The second kappa shape index (κ2) is 13.3. The Morgan fingerprint density at radius 2 is 1.94 bits per heavy atom. The molecule has 194 valence electrons. The zero-order chi connectivity index (χ0) is 26.0. The molecule has 1 fully saturated rings. The topological polar surface area (TPSA) is 114 Å². The van der Waals surface area contributed by atoms with Gasteiger partial charge in [0.25, 0.3) is 11.8 Å². The Balaban J connectivity index is 0.000000546. The van der Waals surface area contributed by atoms with E-state index in [9.17, 15) is 23.6 Å². The van der Waals surface area contributed by atoms with E-state index in [-0.39, 0.29) is 38.4 Å². The first-order chi connectivity index (χ1) is 16.6. The number of hydroxylamine groups is 2. The van der Waals surface area contributed by atoms with Crippen molar-refractivity contribution in [2.24, 2.45) is 5.10 Å². The molecule has 1 aliphatic heterocycles. The summed E-state index contributed by atoms with van der Waals surface area (Å²) < 4.78 is 19.7. The van der Waals surface area contributed by atoms with E-state index in [0.29, 0.717) is 42.9 Å². The third-order valence-corrected chi connectivity index (χ3v) is 5.28. The van der Waals surface area contributed by atoms with Gasteiger partial charge in [-0.2, -0.15) is 22.8 Å². The Hall–Kier alpha value is -2.79. The SMILES string of the molecule is CC(C)(S)CC(=O)N/N=C1\CCCc2cc(OCCCC=O)cc(F)c21.CON1C(=O)CCC1=O.[HH]. The summed E-state index contributed by atoms with van der Waals surface area (Å²) in [7, 11) is 1.31. The fraction of sp³-hybridized carbons (Fsp3) is 0.542. The smallest absolute Gasteiger partial charge is 0.253 e. The summed E-state index contributed by atoms with van der Waals surface area (Å²) in [6.07, 6.45) is 4.81. The quantitative estimate of drug-likeness (QED) is 0.173. The molecule has 0 unspecified atom stereocenters. The molecule has 0 aromatic heterocycles. The van der Waals surface area contributed by atoms with Gasteiger partial charge in [-0.15, -0.1) is 0 Å². The Kier molecular flexibility index (Phi) is 10.8. The number of carbonyl (C=O) groups is 4. The van der Waals surface area contributed by atoms with Gasteiger partial charge in [0, 0.05) is 43.5 Å². The number of carbonyl (C=O) groups excluding carboxylic acids is 4. The van der Waals surface area contributed by atoms with E-state index in [0.717, 1.165) is 29.8 Å². The van der Waals surface area contributed by atoms with Crippen molar-refractivity contribution in [3.8, 4) is 5.75 Å². The van der Waals surface area contributed by atoms with Gasteiger partial charge in [-0.3, -0.25) is 19.2 Å². The lowest BCUT2D eigenvalue weighted by Gasteiger charge is -2.20. The Bertz CT molecular complexity index is 967. The molecule has 1 aromatic rings. The standard InChI is InChI=1S/C19H25FN2O3S.C5H7NO3.H2/c1-19(2,26)12-17(24)22-21-16-7-5-6-13-10-14(11-15(20)18(13)16)25-9-4-3-8-23;1-9-6-4(7)2-3-5(6)8;/h8,10-11,26H,3-7,9,12H2,1-2H3,(H,22,24);2-3H2,1H3;1H/b21-16+;;. The molecule has 3 amide bonds. The first-order valence-corrected chi connectivity index (χ1v) is 11.9. The summed E-state index contributed by atoms with van der Waals surface area (Å²) >= 11 is 4.33. The van der Waals surface area contributed by atoms with Crippen LogP contribution in [0.1, 0.15) is 71.3 Å². The van der Waals surface area contributed by atoms with E-state index < -0.39 is 10.6 Å². The normalized spacial score (nSPS) is 16.5. The minimum absolute atomic E-state index is 0. The molecule has 11 heteroatoms. The molecule has 1 aromatic carbocycles. The fourth-order valence-corrected chi connectivity index (χ4v) is 3.75. The highest BCUT2D eigenvalue weighted by Gasteiger charge is 2.29. The molecule has 1 N–H and O–H groups in total. The van der Waals surface area contributed by atoms with Gasteiger partial charge in [-0.25, -0.2) is 9.82 Å². The molecule has 1 saturated heterocycles. The highest BCUT2D eigenvalue weighted by atomic mass is 32.1. The number of nitrogens with zero attached hydrogens (tertiary/aromatic N) is 2. The zero-order valence-corrected chi connectivity index (χ0v) is 21.2. The number of fused-ring (bicyclic) bond motifs is 1. The van der Waals surface area contributed by atoms with Crippen LogP contribution in [0.15, 0.2) is 17.2 Å². The minimum atomic E-state index is -0.434. The lowest BCUT2D eigenvalue weighted by Crippen LogP contribution is -2.28. The van der Waals surface area contributed by atoms with Crippen molar-refractivity contribution in [1.29, 1.82) is 0 Å². The van der Waals surface area contributed by atoms with Gasteiger partial charge >= 0.3 is 0 Å². The maximum absolute atomic E-state index is 14.6. The Labute approximate surface area is 211 Å². The maximum Gasteiger partial charge on any atom is 0.253 e. The van der Waals surface area contributed by atoms with Gasteiger partial charge in [-0.05, 0) is 37.3 Å². The molecule has 35 heavy (non-hydrogen) atoms. The third-order valence-electron chi connectivity index (χ3n) is 5.13. The Morgan fingerprint density at radius 3 is 2.51 bits per heavy atom. The van der Waals surface area contributed by atoms with E-state index in [1.165, 1.54) is 13.2 Å². The number of benzene rings is 1. The molecule has 0 saturated carbocycles. The average molecular weight is 512 g/mol. The molecule has 0 spiro atoms. The number of hydrogen-bond acceptors (Lipinski definition) is 8. The first-order valence-electron chi connectivity index (χ1n) is 11.4. The molecule has 2 aliphatic rings. The summed E-state index contributed by atoms with van der Waals surface area (Å²) in [5.74, 6) is -0.700. The van der Waals surface area contributed by atoms with E-state index in [4.69, 9.17) is 4.74 Å². The van der Waals surface area contributed by atoms with Crippen LogP contribution in [0, 0.1) is 5.82 Å². The van der Waals surface area contributed by atoms with Crippen molar-refractivity contribution in [2.45, 2.75) is 70.0 Å². The zero-order valence-electron chi connectivity index (χ0n) is 20.3. The number of thiol groups is 1. The number of amides is 3. The van der Waals surface area contributed by atoms with Gasteiger partial charge in [0.15, 0.2) is 0 Å². The van der Waals surface area contributed by atoms with Crippen molar-refractivity contribution < 1.29 is 34.6 Å². The molecule has 1 aliphatic carbocycles. The fourth-order valence-electron chi connectivity index (χ4n) is 3.60. The number of hydrazone groups is 1. The van der Waals surface area contributed by atoms with Gasteiger partial charge in [0.05, 0.1) is 19.4 Å². The Morgan fingerprint density at radius 1 is 1.26 bits per heavy atom. The number of aryl methyl sites for hydroxylation is 1. The summed E-state index contributed by atoms with van der Waals surface area (Å²) in [5, 5.41) is 4.94. The van der Waals surface area contributed by atoms with E-state index in [1.54, 1.807) is 0 Å². The van der Waals surface area contributed by atoms with Crippen molar-refractivity contribution in [2.75, 3.05) is 13.7 Å². The molecular formula is C24H34FN3O6S. The summed E-state index contributed by atoms with van der Waals surface area (Å²) in [6, 6.07) is 3.14. The summed E-state index contributed by atoms with van der Waals surface area (Å²) in [4.78, 5) is 47.9. The number of hydrogen-bond donors (Lipinski definition) is 2. The number of rotatable bonds is 9. The second-order valence-electron chi connectivity index (χ2n) is 8.80. The van der Waals surface area contributed by atoms with Crippen molar-refractivity contribution >= 4 is 42.3 Å². The van der Waals surface area contributed by atoms with Crippen LogP contribution in [0.25, 0.3) is 0 Å². The minimum Gasteiger partial charge on any atom is -0.493 e. The van der Waals surface area contributed by atoms with Crippen LogP contribution in [0.2, 0.25) is 0 Å². The van der Waals surface area contributed by atoms with Crippen LogP contribution in [0.3, 0.4) is 0 Å². The molecule has 0 bridgehead atoms. The van der Waals surface area contributed by atoms with Crippen LogP contribution in [0.4, 0.5) is 4.39 Å². The number of imide groups is 1. The third kappa shape index (κ3) is 9.06. The number of nitrogens with one attached hydrogen (secondary N) is 1. The second-order valence-corrected chi connectivity index (χ2v) is 10.0. The molecular weight excluding hydrogens is 477 g/mol. The number of halogens is 1. The monoisotopic (exact) mass is 511 g/mol. The number of unbranched alkanes of at least 4 members (excludes halogenated alkanes) is 1. The number of aldehydes is 1. The van der Waals surface area contributed by atoms with Crippen LogP contribution in [-0.4, -0.2) is 53.2 Å². The van der Waals surface area contributed by atoms with E-state index in [1.807, 2.05) is 19.9 Å². The predicted molar refractivity (Wildman–Crippen MR) is 133 cm³/mol. The van der Waals surface area contributed by atoms with E-state index >= 15 is 0 Å². The highest BCUT2D eigenvalue weighted by molar-refractivity contribution is 7.81. The van der Waals surface area contributed by atoms with Crippen LogP contribution < -0.4 is 10.2 Å². The lowest BCUT2D eigenvalue weighted by molar-refractivity contribution is -0.179. The predicted octanol–water partition coefficient (Wildman–Crippen LogP) is 3.38. The van der Waals surface area contributed by atoms with E-state index in [2.05, 4.69) is 28.0 Å². The van der Waals surface area contributed by atoms with Crippen molar-refractivity contribution in [3.05, 3.63) is 29.1 Å². The average Bonchev–Trinajstić information content (AvgIpc) is 3.11. The lowest BCUT2D eigenvalue weighted by atomic mass is 9.89. The molecule has 9 nitrogen and oxygen atoms in total.